The second kappa shape index (κ2) is 6.27. The van der Waals surface area contributed by atoms with Crippen LogP contribution in [0.2, 0.25) is 0 Å². The Morgan fingerprint density at radius 3 is 3.00 bits per heavy atom. The molecule has 1 saturated carbocycles. The normalized spacial score (nSPS) is 29.9. The molecule has 0 aromatic carbocycles. The molecule has 1 aromatic heterocycles. The van der Waals surface area contributed by atoms with Crippen LogP contribution in [0.5, 0.6) is 0 Å². The number of carbonyl (C=O) groups is 1. The molecule has 0 spiro atoms. The van der Waals surface area contributed by atoms with Gasteiger partial charge in [0.2, 0.25) is 0 Å². The molecule has 2 aliphatic rings. The number of aliphatic carboxylic acids is 1. The smallest absolute Gasteiger partial charge is 0.306 e. The van der Waals surface area contributed by atoms with Crippen molar-refractivity contribution in [2.24, 2.45) is 11.8 Å². The minimum absolute atomic E-state index is 0.137. The van der Waals surface area contributed by atoms with E-state index in [-0.39, 0.29) is 5.92 Å². The van der Waals surface area contributed by atoms with Gasteiger partial charge in [-0.05, 0) is 61.6 Å². The van der Waals surface area contributed by atoms with Crippen molar-refractivity contribution in [2.45, 2.75) is 51.0 Å². The van der Waals surface area contributed by atoms with Gasteiger partial charge in [0.05, 0.1) is 5.92 Å². The molecule has 110 valence electrons. The third-order valence-corrected chi connectivity index (χ3v) is 5.90. The van der Waals surface area contributed by atoms with Gasteiger partial charge in [0, 0.05) is 10.9 Å². The van der Waals surface area contributed by atoms with Gasteiger partial charge in [-0.1, -0.05) is 12.8 Å². The van der Waals surface area contributed by atoms with Gasteiger partial charge >= 0.3 is 5.97 Å². The lowest BCUT2D eigenvalue weighted by molar-refractivity contribution is -0.144. The maximum Gasteiger partial charge on any atom is 0.306 e. The first-order chi connectivity index (χ1) is 9.75. The van der Waals surface area contributed by atoms with Crippen LogP contribution >= 0.6 is 11.3 Å². The molecule has 0 bridgehead atoms. The average molecular weight is 293 g/mol. The van der Waals surface area contributed by atoms with E-state index in [4.69, 9.17) is 0 Å². The third-order valence-electron chi connectivity index (χ3n) is 4.90. The fraction of sp³-hybridized carbons (Fsp3) is 0.688. The van der Waals surface area contributed by atoms with E-state index in [1.807, 2.05) is 11.3 Å². The molecule has 3 atom stereocenters. The summed E-state index contributed by atoms with van der Waals surface area (Å²) in [5, 5.41) is 15.2. The summed E-state index contributed by atoms with van der Waals surface area (Å²) in [7, 11) is 0. The van der Waals surface area contributed by atoms with E-state index in [1.54, 1.807) is 0 Å². The number of hydrogen-bond donors (Lipinski definition) is 2. The summed E-state index contributed by atoms with van der Waals surface area (Å²) in [5.41, 5.74) is 1.46. The number of fused-ring (bicyclic) bond motifs is 1. The SMILES string of the molecule is O=C(O)C1CCCCC1CNC1CCCc2sccc21. The molecule has 0 aliphatic heterocycles. The first-order valence-corrected chi connectivity index (χ1v) is 8.66. The van der Waals surface area contributed by atoms with Crippen molar-refractivity contribution in [1.29, 1.82) is 0 Å². The Hall–Kier alpha value is -0.870. The van der Waals surface area contributed by atoms with Crippen LogP contribution in [0.4, 0.5) is 0 Å². The number of hydrogen-bond acceptors (Lipinski definition) is 3. The fourth-order valence-corrected chi connectivity index (χ4v) is 4.76. The highest BCUT2D eigenvalue weighted by Crippen LogP contribution is 2.35. The number of rotatable bonds is 4. The van der Waals surface area contributed by atoms with Crippen molar-refractivity contribution >= 4 is 17.3 Å². The number of nitrogens with one attached hydrogen (secondary N) is 1. The van der Waals surface area contributed by atoms with E-state index in [2.05, 4.69) is 16.8 Å². The van der Waals surface area contributed by atoms with E-state index in [0.717, 1.165) is 25.8 Å². The van der Waals surface area contributed by atoms with E-state index in [9.17, 15) is 9.90 Å². The van der Waals surface area contributed by atoms with Gasteiger partial charge in [0.1, 0.15) is 0 Å². The highest BCUT2D eigenvalue weighted by Gasteiger charge is 2.31. The number of thiophene rings is 1. The zero-order chi connectivity index (χ0) is 13.9. The second-order valence-electron chi connectivity index (χ2n) is 6.14. The van der Waals surface area contributed by atoms with Crippen molar-refractivity contribution in [3.05, 3.63) is 21.9 Å². The Morgan fingerprint density at radius 1 is 1.30 bits per heavy atom. The third kappa shape index (κ3) is 2.91. The lowest BCUT2D eigenvalue weighted by Crippen LogP contribution is -2.36. The second-order valence-corrected chi connectivity index (χ2v) is 7.14. The molecule has 4 heteroatoms. The molecular formula is C16H23NO2S. The van der Waals surface area contributed by atoms with Crippen LogP contribution in [-0.4, -0.2) is 17.6 Å². The predicted molar refractivity (Wildman–Crippen MR) is 81.1 cm³/mol. The summed E-state index contributed by atoms with van der Waals surface area (Å²) in [6.07, 6.45) is 7.83. The van der Waals surface area contributed by atoms with Crippen LogP contribution in [0, 0.1) is 11.8 Å². The molecule has 1 heterocycles. The molecule has 20 heavy (non-hydrogen) atoms. The molecule has 0 radical (unpaired) electrons. The molecule has 2 N–H and O–H groups in total. The van der Waals surface area contributed by atoms with Crippen LogP contribution in [0.1, 0.15) is 55.0 Å². The van der Waals surface area contributed by atoms with Crippen molar-refractivity contribution in [3.8, 4) is 0 Å². The van der Waals surface area contributed by atoms with E-state index < -0.39 is 5.97 Å². The minimum atomic E-state index is -0.601. The number of carboxylic acids is 1. The number of aryl methyl sites for hydroxylation is 1. The Morgan fingerprint density at radius 2 is 2.15 bits per heavy atom. The molecule has 3 rings (SSSR count). The van der Waals surface area contributed by atoms with Gasteiger partial charge < -0.3 is 10.4 Å². The van der Waals surface area contributed by atoms with Crippen molar-refractivity contribution in [2.75, 3.05) is 6.54 Å². The lowest BCUT2D eigenvalue weighted by Gasteiger charge is -2.31. The minimum Gasteiger partial charge on any atom is -0.481 e. The van der Waals surface area contributed by atoms with Crippen LogP contribution in [0.3, 0.4) is 0 Å². The average Bonchev–Trinajstić information content (AvgIpc) is 2.94. The summed E-state index contributed by atoms with van der Waals surface area (Å²) in [6, 6.07) is 2.69. The highest BCUT2D eigenvalue weighted by atomic mass is 32.1. The molecule has 3 nitrogen and oxygen atoms in total. The zero-order valence-corrected chi connectivity index (χ0v) is 12.6. The maximum absolute atomic E-state index is 11.3. The van der Waals surface area contributed by atoms with E-state index in [0.29, 0.717) is 12.0 Å². The largest absolute Gasteiger partial charge is 0.481 e. The van der Waals surface area contributed by atoms with Crippen molar-refractivity contribution < 1.29 is 9.90 Å². The van der Waals surface area contributed by atoms with Crippen LogP contribution in [0.15, 0.2) is 11.4 Å². The molecular weight excluding hydrogens is 270 g/mol. The summed E-state index contributed by atoms with van der Waals surface area (Å²) in [6.45, 7) is 0.858. The van der Waals surface area contributed by atoms with Crippen LogP contribution in [0.25, 0.3) is 0 Å². The topological polar surface area (TPSA) is 49.3 Å². The Labute approximate surface area is 124 Å². The van der Waals surface area contributed by atoms with Crippen molar-refractivity contribution in [3.63, 3.8) is 0 Å². The summed E-state index contributed by atoms with van der Waals surface area (Å²) in [4.78, 5) is 12.9. The molecule has 1 fully saturated rings. The highest BCUT2D eigenvalue weighted by molar-refractivity contribution is 7.10. The van der Waals surface area contributed by atoms with Gasteiger partial charge in [-0.25, -0.2) is 0 Å². The standard InChI is InChI=1S/C16H23NO2S/c18-16(19)12-5-2-1-4-11(12)10-17-14-6-3-7-15-13(14)8-9-20-15/h8-9,11-12,14,17H,1-7,10H2,(H,18,19). The van der Waals surface area contributed by atoms with E-state index >= 15 is 0 Å². The quantitative estimate of drug-likeness (QED) is 0.891. The van der Waals surface area contributed by atoms with E-state index in [1.165, 1.54) is 36.1 Å². The van der Waals surface area contributed by atoms with Crippen LogP contribution < -0.4 is 5.32 Å². The van der Waals surface area contributed by atoms with Crippen LogP contribution in [-0.2, 0) is 11.2 Å². The van der Waals surface area contributed by atoms with Gasteiger partial charge in [-0.3, -0.25) is 4.79 Å². The molecule has 2 aliphatic carbocycles. The van der Waals surface area contributed by atoms with Gasteiger partial charge in [-0.2, -0.15) is 0 Å². The molecule has 3 unspecified atom stereocenters. The first-order valence-electron chi connectivity index (χ1n) is 7.78. The summed E-state index contributed by atoms with van der Waals surface area (Å²) >= 11 is 1.86. The van der Waals surface area contributed by atoms with Gasteiger partial charge in [-0.15, -0.1) is 11.3 Å². The Kier molecular flexibility index (Phi) is 4.41. The fourth-order valence-electron chi connectivity index (χ4n) is 3.77. The lowest BCUT2D eigenvalue weighted by atomic mass is 9.79. The van der Waals surface area contributed by atoms with Gasteiger partial charge in [0.15, 0.2) is 0 Å². The monoisotopic (exact) mass is 293 g/mol. The molecule has 0 saturated heterocycles. The predicted octanol–water partition coefficient (Wildman–Crippen LogP) is 3.61. The van der Waals surface area contributed by atoms with Gasteiger partial charge in [0.25, 0.3) is 0 Å². The summed E-state index contributed by atoms with van der Waals surface area (Å²) in [5.74, 6) is -0.427. The molecule has 1 aromatic rings. The maximum atomic E-state index is 11.3. The zero-order valence-electron chi connectivity index (χ0n) is 11.8. The molecule has 0 amide bonds. The summed E-state index contributed by atoms with van der Waals surface area (Å²) < 4.78 is 0. The first kappa shape index (κ1) is 14.1. The van der Waals surface area contributed by atoms with Crippen molar-refractivity contribution in [1.82, 2.24) is 5.32 Å². The Balaban J connectivity index is 1.61. The number of carboxylic acid groups (broad SMARTS) is 1. The Bertz CT molecular complexity index is 471.